The van der Waals surface area contributed by atoms with Crippen LogP contribution in [0.15, 0.2) is 24.3 Å². The lowest BCUT2D eigenvalue weighted by Crippen LogP contribution is -2.53. The molecular weight excluding hydrogens is 498 g/mol. The summed E-state index contributed by atoms with van der Waals surface area (Å²) in [6, 6.07) is 7.31. The maximum Gasteiger partial charge on any atom is 0.203 e. The van der Waals surface area contributed by atoms with Crippen molar-refractivity contribution >= 4 is 5.78 Å². The second-order valence-corrected chi connectivity index (χ2v) is 11.2. The molecule has 39 heavy (non-hydrogen) atoms. The van der Waals surface area contributed by atoms with Gasteiger partial charge in [-0.05, 0) is 59.6 Å². The number of methoxy groups -OCH3 is 6. The third kappa shape index (κ3) is 5.11. The van der Waals surface area contributed by atoms with Crippen LogP contribution in [0, 0.1) is 23.2 Å². The molecule has 4 rings (SSSR count). The van der Waals surface area contributed by atoms with Gasteiger partial charge in [0.1, 0.15) is 5.78 Å². The molecule has 2 bridgehead atoms. The quantitative estimate of drug-likeness (QED) is 0.406. The molecule has 2 aromatic carbocycles. The van der Waals surface area contributed by atoms with Crippen molar-refractivity contribution in [2.45, 2.75) is 52.1 Å². The Balaban J connectivity index is 1.88. The minimum Gasteiger partial charge on any atom is -0.493 e. The third-order valence-electron chi connectivity index (χ3n) is 9.08. The number of hydrogen-bond acceptors (Lipinski definition) is 8. The molecule has 0 radical (unpaired) electrons. The molecule has 1 aliphatic carbocycles. The number of ketones is 1. The van der Waals surface area contributed by atoms with Gasteiger partial charge >= 0.3 is 0 Å². The monoisotopic (exact) mass is 541 g/mol. The minimum absolute atomic E-state index is 0.105. The zero-order chi connectivity index (χ0) is 28.5. The van der Waals surface area contributed by atoms with E-state index in [1.807, 2.05) is 24.3 Å². The molecule has 4 unspecified atom stereocenters. The van der Waals surface area contributed by atoms with E-state index in [0.29, 0.717) is 40.4 Å². The maximum atomic E-state index is 14.2. The van der Waals surface area contributed by atoms with E-state index in [1.54, 1.807) is 42.7 Å². The summed E-state index contributed by atoms with van der Waals surface area (Å²) < 4.78 is 33.8. The number of nitrogens with one attached hydrogen (secondary N) is 1. The van der Waals surface area contributed by atoms with E-state index in [2.05, 4.69) is 26.1 Å². The van der Waals surface area contributed by atoms with Gasteiger partial charge < -0.3 is 33.7 Å². The molecule has 8 heteroatoms. The topological polar surface area (TPSA) is 84.5 Å². The van der Waals surface area contributed by atoms with Gasteiger partial charge in [0.2, 0.25) is 11.5 Å². The highest BCUT2D eigenvalue weighted by atomic mass is 16.5. The molecule has 8 nitrogen and oxygen atoms in total. The van der Waals surface area contributed by atoms with Crippen LogP contribution in [0.4, 0.5) is 0 Å². The SMILES string of the molecule is CCC(C)(C)C1CC2C(=O)C(C1)C(c1cc(OC)c(OC)c(OC)c1)NC2c1cc(OC)c(OC)c(OC)c1. The highest BCUT2D eigenvalue weighted by Crippen LogP contribution is 2.54. The van der Waals surface area contributed by atoms with E-state index in [1.165, 1.54) is 0 Å². The van der Waals surface area contributed by atoms with Crippen LogP contribution in [0.25, 0.3) is 0 Å². The van der Waals surface area contributed by atoms with Gasteiger partial charge in [0.15, 0.2) is 23.0 Å². The molecular formula is C31H43NO7. The highest BCUT2D eigenvalue weighted by molar-refractivity contribution is 5.87. The largest absolute Gasteiger partial charge is 0.493 e. The van der Waals surface area contributed by atoms with Crippen molar-refractivity contribution in [3.63, 3.8) is 0 Å². The maximum absolute atomic E-state index is 14.2. The summed E-state index contributed by atoms with van der Waals surface area (Å²) in [5, 5.41) is 3.86. The highest BCUT2D eigenvalue weighted by Gasteiger charge is 2.52. The van der Waals surface area contributed by atoms with Crippen molar-refractivity contribution in [1.82, 2.24) is 5.32 Å². The number of hydrogen-bond donors (Lipinski definition) is 1. The van der Waals surface area contributed by atoms with E-state index < -0.39 is 0 Å². The number of piperidine rings is 1. The van der Waals surface area contributed by atoms with Gasteiger partial charge in [-0.15, -0.1) is 0 Å². The fourth-order valence-corrected chi connectivity index (χ4v) is 6.39. The zero-order valence-corrected chi connectivity index (χ0v) is 24.7. The van der Waals surface area contributed by atoms with Crippen LogP contribution in [-0.4, -0.2) is 48.4 Å². The lowest BCUT2D eigenvalue weighted by atomic mass is 9.58. The molecule has 1 aliphatic heterocycles. The van der Waals surface area contributed by atoms with Gasteiger partial charge in [0.25, 0.3) is 0 Å². The van der Waals surface area contributed by atoms with Crippen molar-refractivity contribution in [3.8, 4) is 34.5 Å². The first-order chi connectivity index (χ1) is 18.7. The lowest BCUT2D eigenvalue weighted by molar-refractivity contribution is -0.139. The summed E-state index contributed by atoms with van der Waals surface area (Å²) >= 11 is 0. The van der Waals surface area contributed by atoms with Crippen LogP contribution in [0.5, 0.6) is 34.5 Å². The van der Waals surface area contributed by atoms with Crippen molar-refractivity contribution in [1.29, 1.82) is 0 Å². The summed E-state index contributed by atoms with van der Waals surface area (Å²) in [7, 11) is 9.61. The molecule has 0 aromatic heterocycles. The van der Waals surface area contributed by atoms with Gasteiger partial charge in [-0.2, -0.15) is 0 Å². The number of Topliss-reactive ketones (excluding diaryl/α,β-unsaturated/α-hetero) is 1. The van der Waals surface area contributed by atoms with Crippen LogP contribution in [0.1, 0.15) is 63.2 Å². The predicted octanol–water partition coefficient (Wildman–Crippen LogP) is 5.77. The average Bonchev–Trinajstić information content (AvgIpc) is 2.95. The Hall–Kier alpha value is -3.13. The Morgan fingerprint density at radius 1 is 0.692 bits per heavy atom. The first-order valence-electron chi connectivity index (χ1n) is 13.6. The van der Waals surface area contributed by atoms with E-state index in [-0.39, 0.29) is 35.1 Å². The van der Waals surface area contributed by atoms with Crippen LogP contribution < -0.4 is 33.7 Å². The van der Waals surface area contributed by atoms with Crippen molar-refractivity contribution in [2.75, 3.05) is 42.7 Å². The Morgan fingerprint density at radius 2 is 1.05 bits per heavy atom. The molecule has 0 amide bonds. The Morgan fingerprint density at radius 3 is 1.33 bits per heavy atom. The van der Waals surface area contributed by atoms with Crippen molar-refractivity contribution in [3.05, 3.63) is 35.4 Å². The van der Waals surface area contributed by atoms with Crippen molar-refractivity contribution < 1.29 is 33.2 Å². The fraction of sp³-hybridized carbons (Fsp3) is 0.581. The first kappa shape index (κ1) is 28.9. The summed E-state index contributed by atoms with van der Waals surface area (Å²) in [5.74, 6) is 3.63. The molecule has 1 heterocycles. The molecule has 0 spiro atoms. The standard InChI is InChI=1S/C31H43NO7/c1-10-31(2,3)19-15-20-26(17-11-22(34-4)29(38-8)23(12-17)35-5)32-27(21(16-19)28(20)33)18-13-24(36-6)30(39-9)25(14-18)37-7/h11-14,19-21,26-27,32H,10,15-16H2,1-9H3. The Bertz CT molecular complexity index is 1060. The van der Waals surface area contributed by atoms with Crippen LogP contribution in [-0.2, 0) is 4.79 Å². The van der Waals surface area contributed by atoms with E-state index in [4.69, 9.17) is 28.4 Å². The summed E-state index contributed by atoms with van der Waals surface area (Å²) in [4.78, 5) is 14.2. The molecule has 4 atom stereocenters. The summed E-state index contributed by atoms with van der Waals surface area (Å²) in [6.07, 6.45) is 2.70. The van der Waals surface area contributed by atoms with E-state index in [0.717, 1.165) is 30.4 Å². The molecule has 2 aromatic rings. The molecule has 2 fully saturated rings. The van der Waals surface area contributed by atoms with Gasteiger partial charge in [0, 0.05) is 23.9 Å². The molecule has 1 N–H and O–H groups in total. The first-order valence-corrected chi connectivity index (χ1v) is 13.6. The molecule has 214 valence electrons. The van der Waals surface area contributed by atoms with Crippen molar-refractivity contribution in [2.24, 2.45) is 23.2 Å². The summed E-state index contributed by atoms with van der Waals surface area (Å²) in [6.45, 7) is 6.87. The Kier molecular flexibility index (Phi) is 8.54. The van der Waals surface area contributed by atoms with Crippen LogP contribution in [0.2, 0.25) is 0 Å². The van der Waals surface area contributed by atoms with Gasteiger partial charge in [-0.3, -0.25) is 4.79 Å². The second-order valence-electron chi connectivity index (χ2n) is 11.2. The number of fused-ring (bicyclic) bond motifs is 2. The number of ether oxygens (including phenoxy) is 6. The smallest absolute Gasteiger partial charge is 0.203 e. The van der Waals surface area contributed by atoms with Gasteiger partial charge in [-0.25, -0.2) is 0 Å². The number of carbonyl (C=O) groups is 1. The third-order valence-corrected chi connectivity index (χ3v) is 9.08. The van der Waals surface area contributed by atoms with Crippen LogP contribution >= 0.6 is 0 Å². The number of benzene rings is 2. The molecule has 1 saturated carbocycles. The normalized spacial score (nSPS) is 24.6. The number of rotatable bonds is 10. The number of carbonyl (C=O) groups excluding carboxylic acids is 1. The molecule has 1 saturated heterocycles. The van der Waals surface area contributed by atoms with Crippen LogP contribution in [0.3, 0.4) is 0 Å². The summed E-state index contributed by atoms with van der Waals surface area (Å²) in [5.41, 5.74) is 1.95. The lowest BCUT2D eigenvalue weighted by Gasteiger charge is -2.51. The van der Waals surface area contributed by atoms with E-state index >= 15 is 0 Å². The zero-order valence-electron chi connectivity index (χ0n) is 24.7. The predicted molar refractivity (Wildman–Crippen MR) is 150 cm³/mol. The van der Waals surface area contributed by atoms with Gasteiger partial charge in [-0.1, -0.05) is 27.2 Å². The van der Waals surface area contributed by atoms with E-state index in [9.17, 15) is 4.79 Å². The second kappa shape index (κ2) is 11.5. The minimum atomic E-state index is -0.248. The average molecular weight is 542 g/mol. The molecule has 2 aliphatic rings. The Labute approximate surface area is 232 Å². The van der Waals surface area contributed by atoms with Gasteiger partial charge in [0.05, 0.1) is 42.7 Å². The fourth-order valence-electron chi connectivity index (χ4n) is 6.39.